The van der Waals surface area contributed by atoms with Crippen molar-refractivity contribution in [2.75, 3.05) is 13.4 Å². The number of benzene rings is 1. The summed E-state index contributed by atoms with van der Waals surface area (Å²) in [6.45, 7) is 0. The Bertz CT molecular complexity index is 971. The Morgan fingerprint density at radius 1 is 1.32 bits per heavy atom. The maximum Gasteiger partial charge on any atom is 0.329 e. The van der Waals surface area contributed by atoms with Gasteiger partial charge in [0.2, 0.25) is 0 Å². The number of ether oxygens (including phenoxy) is 1. The predicted octanol–water partition coefficient (Wildman–Crippen LogP) is 2.00. The van der Waals surface area contributed by atoms with Crippen LogP contribution in [0.5, 0.6) is 0 Å². The lowest BCUT2D eigenvalue weighted by molar-refractivity contribution is -0.144. The Morgan fingerprint density at radius 2 is 2.00 bits per heavy atom. The zero-order valence-electron chi connectivity index (χ0n) is 13.4. The van der Waals surface area contributed by atoms with Gasteiger partial charge in [0.25, 0.3) is 5.56 Å². The zero-order chi connectivity index (χ0) is 18.8. The highest BCUT2D eigenvalue weighted by molar-refractivity contribution is 7.90. The van der Waals surface area contributed by atoms with Crippen LogP contribution < -0.4 is 5.56 Å². The molecule has 1 heterocycles. The number of nitrogens with zero attached hydrogens (tertiary/aromatic N) is 1. The molecule has 0 aliphatic heterocycles. The molecule has 1 atom stereocenters. The minimum Gasteiger partial charge on any atom is -0.467 e. The fraction of sp³-hybridized carbons (Fsp3) is 0.250. The van der Waals surface area contributed by atoms with Gasteiger partial charge in [-0.25, -0.2) is 17.6 Å². The second-order valence-corrected chi connectivity index (χ2v) is 7.78. The van der Waals surface area contributed by atoms with Gasteiger partial charge in [0.15, 0.2) is 9.84 Å². The quantitative estimate of drug-likeness (QED) is 0.733. The predicted molar refractivity (Wildman–Crippen MR) is 90.0 cm³/mol. The molecule has 2 rings (SSSR count). The molecule has 1 aromatic heterocycles. The molecule has 0 saturated heterocycles. The second-order valence-electron chi connectivity index (χ2n) is 5.36. The van der Waals surface area contributed by atoms with Gasteiger partial charge in [-0.05, 0) is 29.8 Å². The first-order valence-corrected chi connectivity index (χ1v) is 9.34. The second kappa shape index (κ2) is 7.37. The van der Waals surface area contributed by atoms with Gasteiger partial charge < -0.3 is 9.30 Å². The average Bonchev–Trinajstić information content (AvgIpc) is 2.54. The molecule has 0 aliphatic rings. The van der Waals surface area contributed by atoms with E-state index in [2.05, 4.69) is 0 Å². The van der Waals surface area contributed by atoms with Crippen LogP contribution >= 0.6 is 11.6 Å². The maximum absolute atomic E-state index is 13.4. The molecular weight excluding hydrogens is 373 g/mol. The lowest BCUT2D eigenvalue weighted by Gasteiger charge is -2.18. The van der Waals surface area contributed by atoms with Gasteiger partial charge in [-0.1, -0.05) is 11.6 Å². The Kier molecular flexibility index (Phi) is 5.64. The average molecular weight is 388 g/mol. The van der Waals surface area contributed by atoms with Crippen LogP contribution in [-0.4, -0.2) is 32.3 Å². The van der Waals surface area contributed by atoms with Crippen LogP contribution in [0, 0.1) is 5.82 Å². The standard InChI is InChI=1S/C16H15ClFNO5S/c1-24-16(21)14(8-10-7-11(18)3-4-13(10)17)19-6-5-12(9-15(19)20)25(2,22)23/h3-7,9,14H,8H2,1-2H3. The lowest BCUT2D eigenvalue weighted by atomic mass is 10.1. The van der Waals surface area contributed by atoms with Crippen molar-refractivity contribution >= 4 is 27.4 Å². The van der Waals surface area contributed by atoms with Gasteiger partial charge in [0.1, 0.15) is 11.9 Å². The molecular formula is C16H15ClFNO5S. The molecule has 0 fully saturated rings. The van der Waals surface area contributed by atoms with Crippen LogP contribution in [0.2, 0.25) is 5.02 Å². The van der Waals surface area contributed by atoms with Gasteiger partial charge in [0.05, 0.1) is 12.0 Å². The number of carbonyl (C=O) groups excluding carboxylic acids is 1. The van der Waals surface area contributed by atoms with Crippen molar-refractivity contribution in [3.8, 4) is 0 Å². The maximum atomic E-state index is 13.4. The smallest absolute Gasteiger partial charge is 0.329 e. The van der Waals surface area contributed by atoms with E-state index in [4.69, 9.17) is 16.3 Å². The topological polar surface area (TPSA) is 82.4 Å². The van der Waals surface area contributed by atoms with Crippen LogP contribution in [0.25, 0.3) is 0 Å². The molecule has 0 bridgehead atoms. The van der Waals surface area contributed by atoms with Crippen molar-refractivity contribution < 1.29 is 22.3 Å². The largest absolute Gasteiger partial charge is 0.467 e. The van der Waals surface area contributed by atoms with Gasteiger partial charge in [-0.3, -0.25) is 4.79 Å². The van der Waals surface area contributed by atoms with Crippen LogP contribution in [0.4, 0.5) is 4.39 Å². The van der Waals surface area contributed by atoms with Crippen LogP contribution in [0.3, 0.4) is 0 Å². The van der Waals surface area contributed by atoms with Crippen molar-refractivity contribution in [3.05, 3.63) is 63.3 Å². The van der Waals surface area contributed by atoms with Crippen molar-refractivity contribution in [2.24, 2.45) is 0 Å². The lowest BCUT2D eigenvalue weighted by Crippen LogP contribution is -2.32. The molecule has 0 spiro atoms. The number of esters is 1. The van der Waals surface area contributed by atoms with E-state index < -0.39 is 33.2 Å². The first-order valence-electron chi connectivity index (χ1n) is 7.07. The van der Waals surface area contributed by atoms with E-state index in [-0.39, 0.29) is 16.3 Å². The van der Waals surface area contributed by atoms with Crippen LogP contribution in [0.1, 0.15) is 11.6 Å². The van der Waals surface area contributed by atoms with Gasteiger partial charge in [0, 0.05) is 30.0 Å². The van der Waals surface area contributed by atoms with E-state index >= 15 is 0 Å². The summed E-state index contributed by atoms with van der Waals surface area (Å²) in [6, 6.07) is 4.68. The van der Waals surface area contributed by atoms with Gasteiger partial charge in [-0.2, -0.15) is 0 Å². The summed E-state index contributed by atoms with van der Waals surface area (Å²) in [6.07, 6.45) is 2.06. The highest BCUT2D eigenvalue weighted by Crippen LogP contribution is 2.23. The van der Waals surface area contributed by atoms with Gasteiger partial charge >= 0.3 is 5.97 Å². The number of sulfone groups is 1. The zero-order valence-corrected chi connectivity index (χ0v) is 15.0. The summed E-state index contributed by atoms with van der Waals surface area (Å²) < 4.78 is 42.2. The normalized spacial score (nSPS) is 12.6. The molecule has 25 heavy (non-hydrogen) atoms. The Hall–Kier alpha value is -2.19. The molecule has 0 saturated carbocycles. The minimum atomic E-state index is -3.57. The fourth-order valence-corrected chi connectivity index (χ4v) is 3.12. The number of hydrogen-bond donors (Lipinski definition) is 0. The van der Waals surface area contributed by atoms with E-state index in [1.54, 1.807) is 0 Å². The molecule has 0 amide bonds. The Labute approximate surface area is 148 Å². The summed E-state index contributed by atoms with van der Waals surface area (Å²) in [5, 5.41) is 0.233. The van der Waals surface area contributed by atoms with E-state index in [0.717, 1.165) is 30.1 Å². The third kappa shape index (κ3) is 4.46. The third-order valence-corrected chi connectivity index (χ3v) is 5.06. The SMILES string of the molecule is COC(=O)C(Cc1cc(F)ccc1Cl)n1ccc(S(C)(=O)=O)cc1=O. The molecule has 0 radical (unpaired) electrons. The number of rotatable bonds is 5. The summed E-state index contributed by atoms with van der Waals surface area (Å²) in [5.41, 5.74) is -0.387. The number of carbonyl (C=O) groups is 1. The number of pyridine rings is 1. The molecule has 1 unspecified atom stereocenters. The van der Waals surface area contributed by atoms with Gasteiger partial charge in [-0.15, -0.1) is 0 Å². The number of aromatic nitrogens is 1. The highest BCUT2D eigenvalue weighted by atomic mass is 35.5. The third-order valence-electron chi connectivity index (χ3n) is 3.58. The first kappa shape index (κ1) is 19.1. The first-order chi connectivity index (χ1) is 11.6. The van der Waals surface area contributed by atoms with E-state index in [1.165, 1.54) is 24.4 Å². The molecule has 0 aliphatic carbocycles. The van der Waals surface area contributed by atoms with Crippen molar-refractivity contribution in [3.63, 3.8) is 0 Å². The molecule has 2 aromatic rings. The molecule has 134 valence electrons. The molecule has 9 heteroatoms. The monoisotopic (exact) mass is 387 g/mol. The van der Waals surface area contributed by atoms with Crippen molar-refractivity contribution in [1.82, 2.24) is 4.57 Å². The van der Waals surface area contributed by atoms with E-state index in [0.29, 0.717) is 5.56 Å². The summed E-state index contributed by atoms with van der Waals surface area (Å²) >= 11 is 6.02. The highest BCUT2D eigenvalue weighted by Gasteiger charge is 2.24. The molecule has 0 N–H and O–H groups in total. The number of halogens is 2. The summed E-state index contributed by atoms with van der Waals surface area (Å²) in [5.74, 6) is -1.28. The fourth-order valence-electron chi connectivity index (χ4n) is 2.30. The van der Waals surface area contributed by atoms with Crippen LogP contribution in [0.15, 0.2) is 46.2 Å². The van der Waals surface area contributed by atoms with Crippen molar-refractivity contribution in [2.45, 2.75) is 17.4 Å². The Morgan fingerprint density at radius 3 is 2.56 bits per heavy atom. The molecule has 6 nitrogen and oxygen atoms in total. The summed E-state index contributed by atoms with van der Waals surface area (Å²) in [4.78, 5) is 24.2. The number of hydrogen-bond acceptors (Lipinski definition) is 5. The van der Waals surface area contributed by atoms with E-state index in [9.17, 15) is 22.4 Å². The summed E-state index contributed by atoms with van der Waals surface area (Å²) in [7, 11) is -2.41. The van der Waals surface area contributed by atoms with E-state index in [1.807, 2.05) is 0 Å². The molecule has 1 aromatic carbocycles. The minimum absolute atomic E-state index is 0.0958. The van der Waals surface area contributed by atoms with Crippen molar-refractivity contribution in [1.29, 1.82) is 0 Å². The Balaban J connectivity index is 2.50. The van der Waals surface area contributed by atoms with Crippen LogP contribution in [-0.2, 0) is 25.8 Å². The number of methoxy groups -OCH3 is 1.